The van der Waals surface area contributed by atoms with Gasteiger partial charge < -0.3 is 0 Å². The van der Waals surface area contributed by atoms with Crippen molar-refractivity contribution in [2.24, 2.45) is 0 Å². The molecule has 0 fully saturated rings. The molecule has 0 unspecified atom stereocenters. The van der Waals surface area contributed by atoms with Crippen LogP contribution in [0.2, 0.25) is 0 Å². The zero-order valence-electron chi connectivity index (χ0n) is 9.97. The van der Waals surface area contributed by atoms with Crippen molar-refractivity contribution in [3.8, 4) is 0 Å². The highest BCUT2D eigenvalue weighted by Gasteiger charge is 2.14. The van der Waals surface area contributed by atoms with E-state index < -0.39 is 0 Å². The minimum Gasteiger partial charge on any atom is -0.269 e. The van der Waals surface area contributed by atoms with E-state index in [0.29, 0.717) is 5.82 Å². The molecular weight excluding hydrogens is 212 g/mol. The second-order valence-corrected chi connectivity index (χ2v) is 3.77. The standard InChI is InChI=1S/C14H14N2O/c1-4-10(3)14-15-11-8-6-7-9-12(11)16(14)13(17)5-2/h4-9H,2H2,1,3H3/b10-4+. The van der Waals surface area contributed by atoms with Crippen molar-refractivity contribution in [3.63, 3.8) is 0 Å². The summed E-state index contributed by atoms with van der Waals surface area (Å²) in [6.45, 7) is 7.40. The van der Waals surface area contributed by atoms with Gasteiger partial charge in [-0.3, -0.25) is 9.36 Å². The maximum atomic E-state index is 11.9. The van der Waals surface area contributed by atoms with Crippen LogP contribution in [0.3, 0.4) is 0 Å². The molecule has 0 aliphatic heterocycles. The molecule has 0 spiro atoms. The highest BCUT2D eigenvalue weighted by Crippen LogP contribution is 2.21. The monoisotopic (exact) mass is 226 g/mol. The summed E-state index contributed by atoms with van der Waals surface area (Å²) in [6.07, 6.45) is 3.24. The first-order valence-electron chi connectivity index (χ1n) is 5.46. The van der Waals surface area contributed by atoms with Gasteiger partial charge in [0.25, 0.3) is 5.91 Å². The molecule has 0 aliphatic carbocycles. The maximum Gasteiger partial charge on any atom is 0.256 e. The van der Waals surface area contributed by atoms with Crippen LogP contribution >= 0.6 is 0 Å². The number of rotatable bonds is 2. The van der Waals surface area contributed by atoms with Crippen molar-refractivity contribution in [3.05, 3.63) is 48.8 Å². The zero-order chi connectivity index (χ0) is 12.4. The molecule has 0 radical (unpaired) electrons. The van der Waals surface area contributed by atoms with Gasteiger partial charge in [-0.15, -0.1) is 0 Å². The van der Waals surface area contributed by atoms with Gasteiger partial charge in [0.15, 0.2) is 0 Å². The van der Waals surface area contributed by atoms with Crippen molar-refractivity contribution >= 4 is 22.5 Å². The molecule has 0 saturated carbocycles. The van der Waals surface area contributed by atoms with Crippen molar-refractivity contribution in [2.75, 3.05) is 0 Å². The molecule has 0 saturated heterocycles. The lowest BCUT2D eigenvalue weighted by atomic mass is 10.2. The molecule has 0 amide bonds. The van der Waals surface area contributed by atoms with Crippen molar-refractivity contribution in [1.29, 1.82) is 0 Å². The third kappa shape index (κ3) is 1.80. The van der Waals surface area contributed by atoms with Crippen LogP contribution in [0.25, 0.3) is 16.6 Å². The van der Waals surface area contributed by atoms with Gasteiger partial charge >= 0.3 is 0 Å². The second-order valence-electron chi connectivity index (χ2n) is 3.77. The number of fused-ring (bicyclic) bond motifs is 1. The summed E-state index contributed by atoms with van der Waals surface area (Å²) in [5, 5.41) is 0. The Morgan fingerprint density at radius 1 is 1.41 bits per heavy atom. The van der Waals surface area contributed by atoms with Gasteiger partial charge in [-0.05, 0) is 37.6 Å². The van der Waals surface area contributed by atoms with E-state index in [4.69, 9.17) is 0 Å². The number of para-hydroxylation sites is 2. The average Bonchev–Trinajstić information content (AvgIpc) is 2.76. The number of aromatic nitrogens is 2. The predicted octanol–water partition coefficient (Wildman–Crippen LogP) is 3.29. The Morgan fingerprint density at radius 3 is 2.76 bits per heavy atom. The largest absolute Gasteiger partial charge is 0.269 e. The molecule has 2 rings (SSSR count). The van der Waals surface area contributed by atoms with Crippen molar-refractivity contribution < 1.29 is 4.79 Å². The molecule has 0 atom stereocenters. The minimum absolute atomic E-state index is 0.157. The molecule has 3 nitrogen and oxygen atoms in total. The molecule has 1 heterocycles. The molecule has 0 N–H and O–H groups in total. The number of hydrogen-bond acceptors (Lipinski definition) is 2. The zero-order valence-corrected chi connectivity index (χ0v) is 9.97. The number of allylic oxidation sites excluding steroid dienone is 3. The molecule has 0 bridgehead atoms. The third-order valence-corrected chi connectivity index (χ3v) is 2.74. The van der Waals surface area contributed by atoms with E-state index in [1.165, 1.54) is 6.08 Å². The lowest BCUT2D eigenvalue weighted by Crippen LogP contribution is -2.10. The molecule has 86 valence electrons. The average molecular weight is 226 g/mol. The Labute approximate surface area is 100 Å². The van der Waals surface area contributed by atoms with E-state index >= 15 is 0 Å². The van der Waals surface area contributed by atoms with Crippen molar-refractivity contribution in [2.45, 2.75) is 13.8 Å². The number of carbonyl (C=O) groups excluding carboxylic acids is 1. The smallest absolute Gasteiger partial charge is 0.256 e. The first-order valence-corrected chi connectivity index (χ1v) is 5.46. The summed E-state index contributed by atoms with van der Waals surface area (Å²) in [5.74, 6) is 0.522. The van der Waals surface area contributed by atoms with Gasteiger partial charge in [-0.1, -0.05) is 24.8 Å². The summed E-state index contributed by atoms with van der Waals surface area (Å²) in [6, 6.07) is 7.59. The Bertz CT molecular complexity index is 620. The molecule has 17 heavy (non-hydrogen) atoms. The van der Waals surface area contributed by atoms with Gasteiger partial charge in [-0.25, -0.2) is 4.98 Å². The second kappa shape index (κ2) is 4.37. The fourth-order valence-corrected chi connectivity index (χ4v) is 1.73. The Hall–Kier alpha value is -2.16. The van der Waals surface area contributed by atoms with Crippen LogP contribution in [0.4, 0.5) is 0 Å². The lowest BCUT2D eigenvalue weighted by molar-refractivity contribution is 0.0973. The van der Waals surface area contributed by atoms with Gasteiger partial charge in [0.2, 0.25) is 0 Å². The predicted molar refractivity (Wildman–Crippen MR) is 69.9 cm³/mol. The maximum absolute atomic E-state index is 11.9. The fraction of sp³-hybridized carbons (Fsp3) is 0.143. The van der Waals surface area contributed by atoms with Crippen LogP contribution in [0.5, 0.6) is 0 Å². The summed E-state index contributed by atoms with van der Waals surface area (Å²) >= 11 is 0. The van der Waals surface area contributed by atoms with Crippen molar-refractivity contribution in [1.82, 2.24) is 9.55 Å². The van der Waals surface area contributed by atoms with E-state index in [0.717, 1.165) is 16.6 Å². The normalized spacial score (nSPS) is 11.8. The number of imidazole rings is 1. The first-order chi connectivity index (χ1) is 8.19. The van der Waals surface area contributed by atoms with Crippen LogP contribution in [0, 0.1) is 0 Å². The molecule has 3 heteroatoms. The Morgan fingerprint density at radius 2 is 2.12 bits per heavy atom. The van der Waals surface area contributed by atoms with E-state index in [-0.39, 0.29) is 5.91 Å². The van der Waals surface area contributed by atoms with Gasteiger partial charge in [0.05, 0.1) is 11.0 Å². The number of benzene rings is 1. The SMILES string of the molecule is C=CC(=O)n1c(/C(C)=C/C)nc2ccccc21. The number of carbonyl (C=O) groups is 1. The van der Waals surface area contributed by atoms with E-state index in [9.17, 15) is 4.79 Å². The topological polar surface area (TPSA) is 34.9 Å². The Balaban J connectivity index is 2.83. The number of nitrogens with zero attached hydrogens (tertiary/aromatic N) is 2. The van der Waals surface area contributed by atoms with Gasteiger partial charge in [0, 0.05) is 0 Å². The first kappa shape index (κ1) is 11.3. The van der Waals surface area contributed by atoms with E-state index in [1.54, 1.807) is 4.57 Å². The molecule has 0 aliphatic rings. The molecule has 1 aromatic carbocycles. The quantitative estimate of drug-likeness (QED) is 0.736. The molecule has 1 aromatic heterocycles. The Kier molecular flexibility index (Phi) is 2.91. The molecular formula is C14H14N2O. The van der Waals surface area contributed by atoms with E-state index in [1.807, 2.05) is 44.2 Å². The summed E-state index contributed by atoms with van der Waals surface area (Å²) in [4.78, 5) is 16.4. The van der Waals surface area contributed by atoms with Crippen LogP contribution < -0.4 is 0 Å². The third-order valence-electron chi connectivity index (χ3n) is 2.74. The summed E-state index contributed by atoms with van der Waals surface area (Å²) in [7, 11) is 0. The number of hydrogen-bond donors (Lipinski definition) is 0. The van der Waals surface area contributed by atoms with Crippen LogP contribution in [-0.4, -0.2) is 15.5 Å². The van der Waals surface area contributed by atoms with Crippen LogP contribution in [0.15, 0.2) is 43.0 Å². The van der Waals surface area contributed by atoms with Crippen LogP contribution in [0.1, 0.15) is 24.5 Å². The summed E-state index contributed by atoms with van der Waals surface area (Å²) in [5.41, 5.74) is 2.60. The van der Waals surface area contributed by atoms with Gasteiger partial charge in [0.1, 0.15) is 5.82 Å². The summed E-state index contributed by atoms with van der Waals surface area (Å²) < 4.78 is 1.59. The molecule has 2 aromatic rings. The van der Waals surface area contributed by atoms with E-state index in [2.05, 4.69) is 11.6 Å². The highest BCUT2D eigenvalue weighted by atomic mass is 16.2. The lowest BCUT2D eigenvalue weighted by Gasteiger charge is -2.04. The fourth-order valence-electron chi connectivity index (χ4n) is 1.73. The van der Waals surface area contributed by atoms with Crippen LogP contribution in [-0.2, 0) is 0 Å². The highest BCUT2D eigenvalue weighted by molar-refractivity contribution is 5.99. The minimum atomic E-state index is -0.157. The van der Waals surface area contributed by atoms with Gasteiger partial charge in [-0.2, -0.15) is 0 Å².